The molecule has 3 aromatic rings. The van der Waals surface area contributed by atoms with Gasteiger partial charge in [0.1, 0.15) is 22.3 Å². The Hall–Kier alpha value is -3.45. The lowest BCUT2D eigenvalue weighted by Crippen LogP contribution is -2.36. The topological polar surface area (TPSA) is 99.5 Å². The third-order valence-corrected chi connectivity index (χ3v) is 9.20. The molecule has 0 radical (unpaired) electrons. The summed E-state index contributed by atoms with van der Waals surface area (Å²) in [6.07, 6.45) is 3.03. The van der Waals surface area contributed by atoms with Crippen LogP contribution in [-0.4, -0.2) is 62.4 Å². The number of rotatable bonds is 10. The molecule has 1 aromatic carbocycles. The van der Waals surface area contributed by atoms with E-state index in [0.717, 1.165) is 49.2 Å². The summed E-state index contributed by atoms with van der Waals surface area (Å²) in [5.74, 6) is -2.31. The third kappa shape index (κ3) is 7.20. The van der Waals surface area contributed by atoms with Crippen LogP contribution in [0.3, 0.4) is 0 Å². The van der Waals surface area contributed by atoms with Crippen LogP contribution < -0.4 is 4.90 Å². The van der Waals surface area contributed by atoms with Gasteiger partial charge in [-0.05, 0) is 56.8 Å². The largest absolute Gasteiger partial charge is 0.481 e. The summed E-state index contributed by atoms with van der Waals surface area (Å²) in [6, 6.07) is 3.26. The number of nitrogens with zero attached hydrogens (tertiary/aromatic N) is 5. The van der Waals surface area contributed by atoms with E-state index < -0.39 is 23.5 Å². The van der Waals surface area contributed by atoms with E-state index >= 15 is 0 Å². The first kappa shape index (κ1) is 31.0. The summed E-state index contributed by atoms with van der Waals surface area (Å²) in [5.41, 5.74) is -0.743. The molecule has 13 heteroatoms. The Labute approximate surface area is 250 Å². The van der Waals surface area contributed by atoms with Crippen molar-refractivity contribution in [1.29, 1.82) is 0 Å². The normalized spacial score (nSPS) is 18.3. The Bertz CT molecular complexity index is 1450. The molecule has 1 N–H and O–H groups in total. The van der Waals surface area contributed by atoms with Crippen molar-refractivity contribution in [3.63, 3.8) is 0 Å². The minimum Gasteiger partial charge on any atom is -0.481 e. The minimum atomic E-state index is -4.85. The van der Waals surface area contributed by atoms with Gasteiger partial charge in [-0.2, -0.15) is 13.2 Å². The molecule has 0 saturated carbocycles. The highest BCUT2D eigenvalue weighted by molar-refractivity contribution is 7.12. The first-order valence-electron chi connectivity index (χ1n) is 14.5. The number of carbonyl (C=O) groups excluding carboxylic acids is 1. The van der Waals surface area contributed by atoms with Gasteiger partial charge >= 0.3 is 12.1 Å². The van der Waals surface area contributed by atoms with Crippen LogP contribution >= 0.6 is 11.3 Å². The van der Waals surface area contributed by atoms with Crippen molar-refractivity contribution in [1.82, 2.24) is 19.9 Å². The predicted octanol–water partition coefficient (Wildman–Crippen LogP) is 6.25. The summed E-state index contributed by atoms with van der Waals surface area (Å²) in [7, 11) is 0. The average molecular weight is 620 g/mol. The number of hydrogen-bond acceptors (Lipinski definition) is 8. The lowest BCUT2D eigenvalue weighted by atomic mass is 9.97. The summed E-state index contributed by atoms with van der Waals surface area (Å²) in [6.45, 7) is 4.52. The van der Waals surface area contributed by atoms with E-state index in [4.69, 9.17) is 0 Å². The van der Waals surface area contributed by atoms with Crippen molar-refractivity contribution < 1.29 is 32.3 Å². The molecule has 2 saturated heterocycles. The minimum absolute atomic E-state index is 0.110. The van der Waals surface area contributed by atoms with E-state index in [2.05, 4.69) is 26.8 Å². The van der Waals surface area contributed by atoms with E-state index in [1.54, 1.807) is 0 Å². The first-order chi connectivity index (χ1) is 20.5. The van der Waals surface area contributed by atoms with Crippen molar-refractivity contribution in [2.45, 2.75) is 70.6 Å². The van der Waals surface area contributed by atoms with Crippen LogP contribution in [-0.2, 0) is 23.9 Å². The number of carboxylic acid groups (broad SMARTS) is 1. The number of alkyl halides is 3. The maximum atomic E-state index is 14.1. The Kier molecular flexibility index (Phi) is 9.40. The van der Waals surface area contributed by atoms with E-state index in [9.17, 15) is 32.3 Å². The number of piperidine rings is 1. The number of anilines is 1. The van der Waals surface area contributed by atoms with Crippen LogP contribution in [0.1, 0.15) is 71.4 Å². The van der Waals surface area contributed by atoms with Crippen molar-refractivity contribution in [2.24, 2.45) is 5.92 Å². The fourth-order valence-electron chi connectivity index (χ4n) is 5.86. The Morgan fingerprint density at radius 2 is 1.86 bits per heavy atom. The number of likely N-dealkylation sites (tertiary alicyclic amines) is 1. The second-order valence-corrected chi connectivity index (χ2v) is 12.3. The number of carbonyl (C=O) groups is 2. The molecule has 0 aliphatic carbocycles. The molecule has 43 heavy (non-hydrogen) atoms. The molecule has 4 heterocycles. The molecule has 5 rings (SSSR count). The Balaban J connectivity index is 1.37. The van der Waals surface area contributed by atoms with Gasteiger partial charge in [0.15, 0.2) is 5.78 Å². The number of aromatic nitrogens is 3. The standard InChI is InChI=1S/C30H33F4N5O3S/c1-2-4-20-5-3-10-39(20)17-25-28(19-6-7-22(31)21(13-19)30(32,33)34)37-27(43-25)14-24(40)23-15-36-26(16-35-23)38-11-8-18(9-12-38)29(41)42/h6-7,13,15-16,18,20H,2-5,8-12,14,17H2,1H3,(H,41,42)/t20-/m1/s1. The number of hydrogen-bond donors (Lipinski definition) is 1. The van der Waals surface area contributed by atoms with Gasteiger partial charge in [0, 0.05) is 36.1 Å². The summed E-state index contributed by atoms with van der Waals surface area (Å²) < 4.78 is 54.6. The van der Waals surface area contributed by atoms with Gasteiger partial charge in [-0.25, -0.2) is 19.3 Å². The van der Waals surface area contributed by atoms with Gasteiger partial charge in [0.2, 0.25) is 0 Å². The van der Waals surface area contributed by atoms with E-state index in [-0.39, 0.29) is 29.4 Å². The van der Waals surface area contributed by atoms with Crippen LogP contribution in [0.15, 0.2) is 30.6 Å². The van der Waals surface area contributed by atoms with Crippen molar-refractivity contribution >= 4 is 28.9 Å². The maximum absolute atomic E-state index is 14.1. The van der Waals surface area contributed by atoms with Gasteiger partial charge < -0.3 is 10.0 Å². The molecule has 0 amide bonds. The van der Waals surface area contributed by atoms with Gasteiger partial charge in [-0.1, -0.05) is 13.3 Å². The lowest BCUT2D eigenvalue weighted by molar-refractivity contribution is -0.142. The molecule has 8 nitrogen and oxygen atoms in total. The molecule has 0 bridgehead atoms. The molecule has 2 aliphatic rings. The van der Waals surface area contributed by atoms with Crippen LogP contribution in [0.2, 0.25) is 0 Å². The number of thiazole rings is 1. The van der Waals surface area contributed by atoms with Crippen molar-refractivity contribution in [2.75, 3.05) is 24.5 Å². The van der Waals surface area contributed by atoms with Crippen LogP contribution in [0.25, 0.3) is 11.3 Å². The summed E-state index contributed by atoms with van der Waals surface area (Å²) >= 11 is 1.28. The van der Waals surface area contributed by atoms with E-state index in [1.807, 2.05) is 4.90 Å². The second kappa shape index (κ2) is 13.0. The van der Waals surface area contributed by atoms with Crippen LogP contribution in [0.5, 0.6) is 0 Å². The van der Waals surface area contributed by atoms with Crippen LogP contribution in [0, 0.1) is 11.7 Å². The lowest BCUT2D eigenvalue weighted by Gasteiger charge is -2.30. The quantitative estimate of drug-likeness (QED) is 0.210. The fraction of sp³-hybridized carbons (Fsp3) is 0.500. The van der Waals surface area contributed by atoms with Gasteiger partial charge in [-0.3, -0.25) is 14.5 Å². The summed E-state index contributed by atoms with van der Waals surface area (Å²) in [4.78, 5) is 42.6. The average Bonchev–Trinajstić information content (AvgIpc) is 3.59. The monoisotopic (exact) mass is 619 g/mol. The van der Waals surface area contributed by atoms with Crippen molar-refractivity contribution in [3.05, 3.63) is 57.6 Å². The highest BCUT2D eigenvalue weighted by Crippen LogP contribution is 2.37. The smallest absolute Gasteiger partial charge is 0.419 e. The maximum Gasteiger partial charge on any atom is 0.419 e. The number of benzene rings is 1. The Morgan fingerprint density at radius 1 is 1.09 bits per heavy atom. The molecular formula is C30H33F4N5O3S. The van der Waals surface area contributed by atoms with Crippen LogP contribution in [0.4, 0.5) is 23.4 Å². The number of halogens is 4. The summed E-state index contributed by atoms with van der Waals surface area (Å²) in [5, 5.41) is 9.64. The predicted molar refractivity (Wildman–Crippen MR) is 153 cm³/mol. The zero-order valence-corrected chi connectivity index (χ0v) is 24.6. The second-order valence-electron chi connectivity index (χ2n) is 11.1. The third-order valence-electron chi connectivity index (χ3n) is 8.16. The molecule has 2 aliphatic heterocycles. The molecule has 2 fully saturated rings. The SMILES string of the molecule is CCC[C@@H]1CCCN1Cc1sc(CC(=O)c2cnc(N3CCC(C(=O)O)CC3)cn2)nc1-c1ccc(F)c(C(F)(F)F)c1. The Morgan fingerprint density at radius 3 is 2.51 bits per heavy atom. The highest BCUT2D eigenvalue weighted by atomic mass is 32.1. The molecular weight excluding hydrogens is 586 g/mol. The number of ketones is 1. The molecule has 0 spiro atoms. The fourth-order valence-corrected chi connectivity index (χ4v) is 6.97. The first-order valence-corrected chi connectivity index (χ1v) is 15.3. The molecule has 1 atom stereocenters. The molecule has 0 unspecified atom stereocenters. The van der Waals surface area contributed by atoms with E-state index in [0.29, 0.717) is 55.0 Å². The number of Topliss-reactive ketones (excluding diaryl/α,β-unsaturated/α-hetero) is 1. The zero-order chi connectivity index (χ0) is 30.7. The molecule has 230 valence electrons. The van der Waals surface area contributed by atoms with Crippen molar-refractivity contribution in [3.8, 4) is 11.3 Å². The zero-order valence-electron chi connectivity index (χ0n) is 23.7. The number of carboxylic acids is 1. The van der Waals surface area contributed by atoms with Gasteiger partial charge in [0.25, 0.3) is 0 Å². The number of aliphatic carboxylic acids is 1. The van der Waals surface area contributed by atoms with E-state index in [1.165, 1.54) is 29.8 Å². The van der Waals surface area contributed by atoms with Gasteiger partial charge in [-0.15, -0.1) is 11.3 Å². The molecule has 2 aromatic heterocycles. The van der Waals surface area contributed by atoms with Gasteiger partial charge in [0.05, 0.1) is 36.0 Å². The highest BCUT2D eigenvalue weighted by Gasteiger charge is 2.35.